The summed E-state index contributed by atoms with van der Waals surface area (Å²) in [6, 6.07) is 3.80. The summed E-state index contributed by atoms with van der Waals surface area (Å²) in [6.45, 7) is 4.16. The van der Waals surface area contributed by atoms with E-state index in [9.17, 15) is 0 Å². The Morgan fingerprint density at radius 3 is 3.19 bits per heavy atom. The zero-order valence-electron chi connectivity index (χ0n) is 8.66. The summed E-state index contributed by atoms with van der Waals surface area (Å²) in [5, 5.41) is 9.35. The maximum Gasteiger partial charge on any atom is 0.137 e. The van der Waals surface area contributed by atoms with Gasteiger partial charge in [0.05, 0.1) is 0 Å². The Kier molecular flexibility index (Phi) is 3.07. The van der Waals surface area contributed by atoms with Crippen LogP contribution in [0.3, 0.4) is 0 Å². The van der Waals surface area contributed by atoms with Crippen molar-refractivity contribution in [1.82, 2.24) is 9.97 Å². The molecular weight excluding hydrogens is 220 g/mol. The molecule has 0 saturated carbocycles. The molecule has 0 radical (unpaired) electrons. The number of nitrogens with zero attached hydrogens (tertiary/aromatic N) is 1. The first-order valence-corrected chi connectivity index (χ1v) is 5.60. The monoisotopic (exact) mass is 232 g/mol. The molecule has 0 aliphatic rings. The van der Waals surface area contributed by atoms with E-state index in [4.69, 9.17) is 11.1 Å². The van der Waals surface area contributed by atoms with E-state index in [2.05, 4.69) is 16.5 Å². The molecule has 0 amide bonds. The first-order chi connectivity index (χ1) is 7.72. The third-order valence-corrected chi connectivity index (χ3v) is 3.05. The highest BCUT2D eigenvalue weighted by Crippen LogP contribution is 2.24. The summed E-state index contributed by atoms with van der Waals surface area (Å²) in [5.41, 5.74) is 7.08. The van der Waals surface area contributed by atoms with Crippen LogP contribution < -0.4 is 5.73 Å². The molecule has 0 aromatic carbocycles. The van der Waals surface area contributed by atoms with Gasteiger partial charge in [0.15, 0.2) is 0 Å². The molecule has 0 bridgehead atoms. The van der Waals surface area contributed by atoms with Crippen molar-refractivity contribution in [3.63, 3.8) is 0 Å². The Balaban J connectivity index is 2.33. The molecule has 4 N–H and O–H groups in total. The molecule has 0 unspecified atom stereocenters. The normalized spacial score (nSPS) is 10.6. The number of hydrogen-bond acceptors (Lipinski definition) is 4. The summed E-state index contributed by atoms with van der Waals surface area (Å²) in [6.07, 6.45) is 3.51. The maximum atomic E-state index is 7.96. The second kappa shape index (κ2) is 4.51. The Labute approximate surface area is 97.5 Å². The van der Waals surface area contributed by atoms with Gasteiger partial charge in [-0.1, -0.05) is 18.3 Å². The van der Waals surface area contributed by atoms with E-state index in [-0.39, 0.29) is 0 Å². The van der Waals surface area contributed by atoms with Crippen LogP contribution in [-0.4, -0.2) is 21.6 Å². The highest BCUT2D eigenvalue weighted by Gasteiger charge is 2.10. The molecule has 2 aromatic rings. The van der Waals surface area contributed by atoms with Gasteiger partial charge in [-0.15, -0.1) is 0 Å². The maximum absolute atomic E-state index is 7.96. The fourth-order valence-corrected chi connectivity index (χ4v) is 2.04. The van der Waals surface area contributed by atoms with E-state index in [0.717, 1.165) is 21.5 Å². The van der Waals surface area contributed by atoms with Crippen LogP contribution in [0.2, 0.25) is 0 Å². The van der Waals surface area contributed by atoms with Gasteiger partial charge in [-0.25, -0.2) is 4.98 Å². The first kappa shape index (κ1) is 10.9. The van der Waals surface area contributed by atoms with Gasteiger partial charge in [0.25, 0.3) is 0 Å². The summed E-state index contributed by atoms with van der Waals surface area (Å²) < 4.78 is 0. The van der Waals surface area contributed by atoms with Gasteiger partial charge in [0.1, 0.15) is 10.7 Å². The average Bonchev–Trinajstić information content (AvgIpc) is 2.72. The number of aromatic nitrogens is 2. The number of pyridine rings is 1. The molecule has 0 saturated heterocycles. The molecule has 4 nitrogen and oxygen atoms in total. The lowest BCUT2D eigenvalue weighted by Crippen LogP contribution is -2.02. The average molecular weight is 232 g/mol. The Morgan fingerprint density at radius 2 is 2.44 bits per heavy atom. The van der Waals surface area contributed by atoms with Crippen LogP contribution in [0.4, 0.5) is 0 Å². The highest BCUT2D eigenvalue weighted by atomic mass is 32.2. The van der Waals surface area contributed by atoms with Crippen molar-refractivity contribution in [2.75, 3.05) is 6.54 Å². The van der Waals surface area contributed by atoms with E-state index < -0.39 is 0 Å². The minimum Gasteiger partial charge on any atom is -0.345 e. The van der Waals surface area contributed by atoms with E-state index in [1.807, 2.05) is 12.1 Å². The third-order valence-electron chi connectivity index (χ3n) is 2.17. The molecule has 0 spiro atoms. The van der Waals surface area contributed by atoms with Crippen molar-refractivity contribution in [3.05, 3.63) is 41.6 Å². The minimum atomic E-state index is 0.383. The minimum absolute atomic E-state index is 0.383. The van der Waals surface area contributed by atoms with Gasteiger partial charge >= 0.3 is 0 Å². The van der Waals surface area contributed by atoms with Crippen molar-refractivity contribution >= 4 is 27.8 Å². The molecule has 2 aromatic heterocycles. The SMILES string of the molecule is C=C(CN)SC(=N)c1c[nH]c2ncccc12. The van der Waals surface area contributed by atoms with Gasteiger partial charge in [0.2, 0.25) is 0 Å². The topological polar surface area (TPSA) is 78.5 Å². The zero-order valence-corrected chi connectivity index (χ0v) is 9.47. The quantitative estimate of drug-likeness (QED) is 0.560. The van der Waals surface area contributed by atoms with Crippen LogP contribution in [0.15, 0.2) is 36.0 Å². The van der Waals surface area contributed by atoms with Crippen LogP contribution in [0.5, 0.6) is 0 Å². The van der Waals surface area contributed by atoms with Crippen LogP contribution in [-0.2, 0) is 0 Å². The zero-order chi connectivity index (χ0) is 11.5. The van der Waals surface area contributed by atoms with E-state index in [1.165, 1.54) is 11.8 Å². The van der Waals surface area contributed by atoms with Gasteiger partial charge in [-0.2, -0.15) is 0 Å². The van der Waals surface area contributed by atoms with Gasteiger partial charge in [-0.3, -0.25) is 5.41 Å². The predicted molar refractivity (Wildman–Crippen MR) is 68.7 cm³/mol. The van der Waals surface area contributed by atoms with Gasteiger partial charge < -0.3 is 10.7 Å². The molecule has 2 rings (SSSR count). The number of nitrogens with two attached hydrogens (primary N) is 1. The predicted octanol–water partition coefficient (Wildman–Crippen LogP) is 2.09. The van der Waals surface area contributed by atoms with Crippen molar-refractivity contribution in [2.45, 2.75) is 0 Å². The molecule has 0 fully saturated rings. The fraction of sp³-hybridized carbons (Fsp3) is 0.0909. The van der Waals surface area contributed by atoms with Crippen LogP contribution in [0.25, 0.3) is 11.0 Å². The number of nitrogens with one attached hydrogen (secondary N) is 2. The Morgan fingerprint density at radius 1 is 1.62 bits per heavy atom. The molecule has 0 aliphatic carbocycles. The molecule has 0 atom stereocenters. The molecule has 16 heavy (non-hydrogen) atoms. The molecule has 5 heteroatoms. The van der Waals surface area contributed by atoms with E-state index >= 15 is 0 Å². The number of aromatic amines is 1. The van der Waals surface area contributed by atoms with Gasteiger partial charge in [0, 0.05) is 29.9 Å². The Hall–Kier alpha value is -1.59. The van der Waals surface area contributed by atoms with Crippen LogP contribution >= 0.6 is 11.8 Å². The number of hydrogen-bond donors (Lipinski definition) is 3. The summed E-state index contributed by atoms with van der Waals surface area (Å²) in [7, 11) is 0. The van der Waals surface area contributed by atoms with Crippen molar-refractivity contribution in [2.24, 2.45) is 5.73 Å². The van der Waals surface area contributed by atoms with E-state index in [1.54, 1.807) is 12.4 Å². The first-order valence-electron chi connectivity index (χ1n) is 4.79. The lowest BCUT2D eigenvalue weighted by Gasteiger charge is -2.02. The molecule has 2 heterocycles. The van der Waals surface area contributed by atoms with E-state index in [0.29, 0.717) is 11.6 Å². The van der Waals surface area contributed by atoms with Crippen molar-refractivity contribution < 1.29 is 0 Å². The molecule has 0 aliphatic heterocycles. The second-order valence-corrected chi connectivity index (χ2v) is 4.47. The van der Waals surface area contributed by atoms with Crippen LogP contribution in [0, 0.1) is 5.41 Å². The molecular formula is C11H12N4S. The standard InChI is InChI=1S/C11H12N4S/c1-7(5-12)16-10(13)9-6-15-11-8(9)3-2-4-14-11/h2-4,6,13H,1,5,12H2,(H,14,15). The summed E-state index contributed by atoms with van der Waals surface area (Å²) in [5.74, 6) is 0. The lowest BCUT2D eigenvalue weighted by atomic mass is 10.2. The number of rotatable bonds is 3. The lowest BCUT2D eigenvalue weighted by molar-refractivity contribution is 1.24. The number of thioether (sulfide) groups is 1. The summed E-state index contributed by atoms with van der Waals surface area (Å²) >= 11 is 1.29. The van der Waals surface area contributed by atoms with Crippen molar-refractivity contribution in [1.29, 1.82) is 5.41 Å². The highest BCUT2D eigenvalue weighted by molar-refractivity contribution is 8.17. The van der Waals surface area contributed by atoms with Crippen molar-refractivity contribution in [3.8, 4) is 0 Å². The Bertz CT molecular complexity index is 544. The van der Waals surface area contributed by atoms with Crippen LogP contribution in [0.1, 0.15) is 5.56 Å². The smallest absolute Gasteiger partial charge is 0.137 e. The molecule has 82 valence electrons. The number of H-pyrrole nitrogens is 1. The number of fused-ring (bicyclic) bond motifs is 1. The second-order valence-electron chi connectivity index (χ2n) is 3.28. The van der Waals surface area contributed by atoms with Gasteiger partial charge in [-0.05, 0) is 17.0 Å². The largest absolute Gasteiger partial charge is 0.345 e. The third kappa shape index (κ3) is 2.00. The fourth-order valence-electron chi connectivity index (χ4n) is 1.38. The summed E-state index contributed by atoms with van der Waals surface area (Å²) in [4.78, 5) is 7.99.